The van der Waals surface area contributed by atoms with Gasteiger partial charge in [0.15, 0.2) is 5.65 Å². The zero-order chi connectivity index (χ0) is 21.1. The highest BCUT2D eigenvalue weighted by Crippen LogP contribution is 2.33. The van der Waals surface area contributed by atoms with Crippen LogP contribution in [-0.4, -0.2) is 43.6 Å². The lowest BCUT2D eigenvalue weighted by Crippen LogP contribution is -2.42. The summed E-state index contributed by atoms with van der Waals surface area (Å²) < 4.78 is 8.15. The average Bonchev–Trinajstić information content (AvgIpc) is 3.43. The summed E-state index contributed by atoms with van der Waals surface area (Å²) in [6, 6.07) is 8.69. The third kappa shape index (κ3) is 3.18. The van der Waals surface area contributed by atoms with Crippen molar-refractivity contribution >= 4 is 23.2 Å². The summed E-state index contributed by atoms with van der Waals surface area (Å²) in [5.74, 6) is 0.646. The van der Waals surface area contributed by atoms with Crippen LogP contribution in [0.5, 0.6) is 5.75 Å². The fourth-order valence-electron chi connectivity index (χ4n) is 5.22. The first-order valence-corrected chi connectivity index (χ1v) is 11.3. The molecule has 160 valence electrons. The molecule has 1 aromatic carbocycles. The fourth-order valence-corrected chi connectivity index (χ4v) is 5.35. The predicted octanol–water partition coefficient (Wildman–Crippen LogP) is 3.51. The van der Waals surface area contributed by atoms with Crippen LogP contribution < -0.4 is 10.1 Å². The maximum atomic E-state index is 13.4. The maximum Gasteiger partial charge on any atom is 0.258 e. The summed E-state index contributed by atoms with van der Waals surface area (Å²) in [6.07, 6.45) is 6.24. The van der Waals surface area contributed by atoms with E-state index in [2.05, 4.69) is 15.4 Å². The zero-order valence-corrected chi connectivity index (χ0v) is 18.1. The number of ether oxygens (including phenoxy) is 1. The highest BCUT2D eigenvalue weighted by Gasteiger charge is 2.36. The van der Waals surface area contributed by atoms with Crippen molar-refractivity contribution in [3.8, 4) is 5.75 Å². The van der Waals surface area contributed by atoms with Crippen LogP contribution in [0.1, 0.15) is 53.0 Å². The number of aryl methyl sites for hydroxylation is 1. The van der Waals surface area contributed by atoms with Crippen molar-refractivity contribution in [3.05, 3.63) is 58.0 Å². The number of carbonyl (C=O) groups excluding carboxylic acids is 1. The number of carbonyl (C=O) groups is 1. The topological polar surface area (TPSA) is 71.8 Å². The van der Waals surface area contributed by atoms with Gasteiger partial charge in [0.05, 0.1) is 35.1 Å². The molecule has 0 spiro atoms. The smallest absolute Gasteiger partial charge is 0.258 e. The molecule has 1 N–H and O–H groups in total. The lowest BCUT2D eigenvalue weighted by Gasteiger charge is -2.30. The third-order valence-electron chi connectivity index (χ3n) is 6.82. The van der Waals surface area contributed by atoms with Gasteiger partial charge in [-0.15, -0.1) is 0 Å². The Labute approximate surface area is 185 Å². The molecule has 2 bridgehead atoms. The molecule has 3 aliphatic rings. The van der Waals surface area contributed by atoms with Crippen LogP contribution >= 0.6 is 11.6 Å². The van der Waals surface area contributed by atoms with Gasteiger partial charge in [0, 0.05) is 23.8 Å². The molecular weight excluding hydrogens is 414 g/mol. The minimum Gasteiger partial charge on any atom is -0.489 e. The molecule has 3 aromatic rings. The number of rotatable bonds is 3. The molecule has 0 saturated carbocycles. The van der Waals surface area contributed by atoms with E-state index >= 15 is 0 Å². The summed E-state index contributed by atoms with van der Waals surface area (Å²) in [5, 5.41) is 8.88. The van der Waals surface area contributed by atoms with Crippen molar-refractivity contribution in [1.82, 2.24) is 24.8 Å². The Kier molecular flexibility index (Phi) is 4.43. The Bertz CT molecular complexity index is 1180. The minimum absolute atomic E-state index is 0.0330. The quantitative estimate of drug-likeness (QED) is 0.678. The number of nitrogens with zero attached hydrogens (tertiary/aromatic N) is 4. The van der Waals surface area contributed by atoms with E-state index in [1.165, 1.54) is 12.8 Å². The summed E-state index contributed by atoms with van der Waals surface area (Å²) in [6.45, 7) is 2.86. The molecule has 2 aromatic heterocycles. The van der Waals surface area contributed by atoms with Gasteiger partial charge in [-0.3, -0.25) is 4.79 Å². The number of amides is 1. The molecule has 2 fully saturated rings. The maximum absolute atomic E-state index is 13.4. The number of hydrogen-bond donors (Lipinski definition) is 1. The number of fused-ring (bicyclic) bond motifs is 5. The van der Waals surface area contributed by atoms with Gasteiger partial charge >= 0.3 is 0 Å². The van der Waals surface area contributed by atoms with Crippen molar-refractivity contribution in [2.45, 2.75) is 63.9 Å². The van der Waals surface area contributed by atoms with Crippen LogP contribution in [0.2, 0.25) is 5.02 Å². The summed E-state index contributed by atoms with van der Waals surface area (Å²) >= 11 is 6.18. The van der Waals surface area contributed by atoms with E-state index in [-0.39, 0.29) is 12.0 Å². The Morgan fingerprint density at radius 1 is 1.19 bits per heavy atom. The Morgan fingerprint density at radius 2 is 1.97 bits per heavy atom. The second-order valence-corrected chi connectivity index (χ2v) is 9.27. The first kappa shape index (κ1) is 19.1. The van der Waals surface area contributed by atoms with E-state index in [1.807, 2.05) is 36.1 Å². The van der Waals surface area contributed by atoms with E-state index in [0.29, 0.717) is 41.5 Å². The number of halogens is 1. The van der Waals surface area contributed by atoms with Gasteiger partial charge in [0.25, 0.3) is 5.91 Å². The first-order valence-electron chi connectivity index (χ1n) is 10.9. The van der Waals surface area contributed by atoms with Crippen molar-refractivity contribution in [2.75, 3.05) is 0 Å². The van der Waals surface area contributed by atoms with Gasteiger partial charge in [-0.25, -0.2) is 9.50 Å². The number of hydrogen-bond acceptors (Lipinski definition) is 5. The molecule has 0 unspecified atom stereocenters. The lowest BCUT2D eigenvalue weighted by atomic mass is 10.0. The third-order valence-corrected chi connectivity index (χ3v) is 7.19. The van der Waals surface area contributed by atoms with Crippen LogP contribution in [0.4, 0.5) is 0 Å². The van der Waals surface area contributed by atoms with Crippen molar-refractivity contribution < 1.29 is 9.53 Å². The van der Waals surface area contributed by atoms with E-state index in [1.54, 1.807) is 10.7 Å². The van der Waals surface area contributed by atoms with Crippen LogP contribution in [-0.2, 0) is 13.1 Å². The molecule has 0 aliphatic carbocycles. The SMILES string of the molecule is Cc1c(Cl)cnc2c3c(nn12)CN(C(=O)c1ccccc1O[C@H]1C[C@H]2CC[C@@H](C1)N2)C3. The molecule has 3 aliphatic heterocycles. The molecule has 6 rings (SSSR count). The molecule has 7 nitrogen and oxygen atoms in total. The van der Waals surface area contributed by atoms with Gasteiger partial charge in [0.1, 0.15) is 11.9 Å². The lowest BCUT2D eigenvalue weighted by molar-refractivity contribution is 0.0737. The van der Waals surface area contributed by atoms with Crippen LogP contribution in [0.25, 0.3) is 5.65 Å². The van der Waals surface area contributed by atoms with Crippen LogP contribution in [0.15, 0.2) is 30.5 Å². The Balaban J connectivity index is 1.24. The van der Waals surface area contributed by atoms with Gasteiger partial charge < -0.3 is 15.0 Å². The number of piperidine rings is 1. The second kappa shape index (κ2) is 7.21. The summed E-state index contributed by atoms with van der Waals surface area (Å²) in [5.41, 5.74) is 4.10. The molecular formula is C23H24ClN5O2. The van der Waals surface area contributed by atoms with E-state index in [9.17, 15) is 4.79 Å². The number of aromatic nitrogens is 3. The van der Waals surface area contributed by atoms with Crippen LogP contribution in [0, 0.1) is 6.92 Å². The van der Waals surface area contributed by atoms with E-state index in [4.69, 9.17) is 16.3 Å². The van der Waals surface area contributed by atoms with Gasteiger partial charge in [0.2, 0.25) is 0 Å². The minimum atomic E-state index is -0.0330. The van der Waals surface area contributed by atoms with Crippen molar-refractivity contribution in [1.29, 1.82) is 0 Å². The largest absolute Gasteiger partial charge is 0.489 e. The Hall–Kier alpha value is -2.64. The molecule has 3 atom stereocenters. The fraction of sp³-hybridized carbons (Fsp3) is 0.435. The van der Waals surface area contributed by atoms with E-state index < -0.39 is 0 Å². The predicted molar refractivity (Wildman–Crippen MR) is 116 cm³/mol. The number of nitrogens with one attached hydrogen (secondary N) is 1. The van der Waals surface area contributed by atoms with Crippen molar-refractivity contribution in [2.24, 2.45) is 0 Å². The van der Waals surface area contributed by atoms with Crippen LogP contribution in [0.3, 0.4) is 0 Å². The zero-order valence-electron chi connectivity index (χ0n) is 17.3. The summed E-state index contributed by atoms with van der Waals surface area (Å²) in [4.78, 5) is 19.7. The molecule has 2 saturated heterocycles. The Morgan fingerprint density at radius 3 is 2.77 bits per heavy atom. The highest BCUT2D eigenvalue weighted by atomic mass is 35.5. The normalized spacial score (nSPS) is 24.6. The van der Waals surface area contributed by atoms with E-state index in [0.717, 1.165) is 35.4 Å². The number of para-hydroxylation sites is 1. The van der Waals surface area contributed by atoms with Gasteiger partial charge in [-0.1, -0.05) is 23.7 Å². The van der Waals surface area contributed by atoms with Gasteiger partial charge in [-0.05, 0) is 44.7 Å². The van der Waals surface area contributed by atoms with Gasteiger partial charge in [-0.2, -0.15) is 5.10 Å². The summed E-state index contributed by atoms with van der Waals surface area (Å²) in [7, 11) is 0. The molecule has 0 radical (unpaired) electrons. The average molecular weight is 438 g/mol. The molecule has 1 amide bonds. The molecule has 8 heteroatoms. The monoisotopic (exact) mass is 437 g/mol. The highest BCUT2D eigenvalue weighted by molar-refractivity contribution is 6.31. The molecule has 5 heterocycles. The second-order valence-electron chi connectivity index (χ2n) is 8.86. The standard InChI is InChI=1S/C23H24ClN5O2/c1-13-19(24)10-25-22-18-11-28(12-20(18)27-29(13)22)23(30)17-4-2-3-5-21(17)31-16-8-14-6-7-15(9-16)26-14/h2-5,10,14-16,26H,6-9,11-12H2,1H3/t14-,15+,16+. The number of benzene rings is 1. The molecule has 31 heavy (non-hydrogen) atoms. The van der Waals surface area contributed by atoms with Crippen molar-refractivity contribution in [3.63, 3.8) is 0 Å². The first-order chi connectivity index (χ1) is 15.1.